The van der Waals surface area contributed by atoms with Crippen molar-refractivity contribution in [3.63, 3.8) is 0 Å². The van der Waals surface area contributed by atoms with E-state index in [1.54, 1.807) is 13.1 Å². The molecule has 1 amide bonds. The van der Waals surface area contributed by atoms with Gasteiger partial charge in [0.15, 0.2) is 0 Å². The lowest BCUT2D eigenvalue weighted by atomic mass is 9.94. The van der Waals surface area contributed by atoms with Crippen LogP contribution in [0.15, 0.2) is 61.2 Å². The summed E-state index contributed by atoms with van der Waals surface area (Å²) < 4.78 is 41.3. The molecule has 1 aliphatic rings. The number of nitrogens with zero attached hydrogens (tertiary/aromatic N) is 3. The Kier molecular flexibility index (Phi) is 7.64. The number of aromatic nitrogens is 2. The lowest BCUT2D eigenvalue weighted by Crippen LogP contribution is -2.46. The summed E-state index contributed by atoms with van der Waals surface area (Å²) in [6, 6.07) is 14.3. The monoisotopic (exact) mass is 496 g/mol. The number of hydrogen-bond acceptors (Lipinski definition) is 3. The minimum absolute atomic E-state index is 0.107. The van der Waals surface area contributed by atoms with Gasteiger partial charge >= 0.3 is 6.18 Å². The van der Waals surface area contributed by atoms with Crippen LogP contribution in [-0.2, 0) is 30.4 Å². The molecule has 0 aliphatic carbocycles. The van der Waals surface area contributed by atoms with Crippen LogP contribution in [-0.4, -0.2) is 34.0 Å². The van der Waals surface area contributed by atoms with Gasteiger partial charge in [0, 0.05) is 26.6 Å². The molecule has 1 unspecified atom stereocenters. The van der Waals surface area contributed by atoms with Crippen molar-refractivity contribution < 1.29 is 18.0 Å². The fourth-order valence-electron chi connectivity index (χ4n) is 5.12. The molecule has 0 fully saturated rings. The predicted octanol–water partition coefficient (Wildman–Crippen LogP) is 5.58. The van der Waals surface area contributed by atoms with E-state index in [1.165, 1.54) is 12.1 Å². The molecule has 4 rings (SSSR count). The molecule has 1 N–H and O–H groups in total. The Balaban J connectivity index is 1.73. The van der Waals surface area contributed by atoms with E-state index in [9.17, 15) is 18.0 Å². The molecule has 3 aromatic rings. The van der Waals surface area contributed by atoms with Crippen LogP contribution in [0.25, 0.3) is 6.08 Å². The molecule has 0 radical (unpaired) electrons. The molecule has 36 heavy (non-hydrogen) atoms. The lowest BCUT2D eigenvalue weighted by Gasteiger charge is -2.42. The van der Waals surface area contributed by atoms with E-state index in [4.69, 9.17) is 4.98 Å². The van der Waals surface area contributed by atoms with Crippen molar-refractivity contribution in [1.29, 1.82) is 0 Å². The fourth-order valence-corrected chi connectivity index (χ4v) is 5.12. The molecule has 0 saturated heterocycles. The standard InChI is InChI=1S/C28H31F3N4O/c1-4-22-26-23(16-13-19-11-14-21(15-12-19)28(29,30)31)34(17-18-35(26)24(5-2)33-22)25(27(36)32-3)20-9-7-6-8-10-20/h4,6-12,14-15,23,25H,1,5,13,16-18H2,2-3H3,(H,32,36)/t23?,25-/m1/s1. The number of nitrogens with one attached hydrogen (secondary N) is 1. The maximum Gasteiger partial charge on any atom is 0.416 e. The molecule has 190 valence electrons. The van der Waals surface area contributed by atoms with Crippen LogP contribution >= 0.6 is 0 Å². The van der Waals surface area contributed by atoms with Crippen LogP contribution in [0.4, 0.5) is 13.2 Å². The second kappa shape index (κ2) is 10.7. The summed E-state index contributed by atoms with van der Waals surface area (Å²) in [5, 5.41) is 2.81. The minimum atomic E-state index is -4.36. The average Bonchev–Trinajstić information content (AvgIpc) is 3.26. The van der Waals surface area contributed by atoms with Gasteiger partial charge in [0.25, 0.3) is 0 Å². The summed E-state index contributed by atoms with van der Waals surface area (Å²) >= 11 is 0. The summed E-state index contributed by atoms with van der Waals surface area (Å²) in [5.74, 6) is 0.861. The average molecular weight is 497 g/mol. The quantitative estimate of drug-likeness (QED) is 0.443. The number of carbonyl (C=O) groups excluding carboxylic acids is 1. The Labute approximate surface area is 209 Å². The minimum Gasteiger partial charge on any atom is -0.358 e. The molecular formula is C28H31F3N4O. The number of aryl methyl sites for hydroxylation is 2. The molecule has 8 heteroatoms. The number of imidazole rings is 1. The van der Waals surface area contributed by atoms with Gasteiger partial charge in [0.05, 0.1) is 23.0 Å². The summed E-state index contributed by atoms with van der Waals surface area (Å²) in [6.45, 7) is 7.36. The van der Waals surface area contributed by atoms with Crippen molar-refractivity contribution in [2.24, 2.45) is 0 Å². The Morgan fingerprint density at radius 1 is 1.17 bits per heavy atom. The number of likely N-dealkylation sites (N-methyl/N-ethyl adjacent to an activating group) is 1. The number of hydrogen-bond donors (Lipinski definition) is 1. The van der Waals surface area contributed by atoms with Crippen LogP contribution in [0, 0.1) is 0 Å². The lowest BCUT2D eigenvalue weighted by molar-refractivity contribution is -0.137. The van der Waals surface area contributed by atoms with E-state index in [0.717, 1.165) is 46.9 Å². The summed E-state index contributed by atoms with van der Waals surface area (Å²) in [7, 11) is 1.63. The van der Waals surface area contributed by atoms with Gasteiger partial charge in [-0.3, -0.25) is 9.69 Å². The number of fused-ring (bicyclic) bond motifs is 1. The third-order valence-electron chi connectivity index (χ3n) is 6.85. The van der Waals surface area contributed by atoms with Crippen molar-refractivity contribution >= 4 is 12.0 Å². The van der Waals surface area contributed by atoms with E-state index < -0.39 is 17.8 Å². The molecule has 0 spiro atoms. The van der Waals surface area contributed by atoms with Gasteiger partial charge in [-0.15, -0.1) is 0 Å². The topological polar surface area (TPSA) is 50.2 Å². The van der Waals surface area contributed by atoms with Crippen molar-refractivity contribution in [2.45, 2.75) is 51.0 Å². The molecule has 5 nitrogen and oxygen atoms in total. The first kappa shape index (κ1) is 25.7. The zero-order valence-corrected chi connectivity index (χ0v) is 20.6. The van der Waals surface area contributed by atoms with Crippen LogP contribution in [0.2, 0.25) is 0 Å². The van der Waals surface area contributed by atoms with Crippen LogP contribution in [0.1, 0.15) is 59.3 Å². The zero-order chi connectivity index (χ0) is 25.9. The van der Waals surface area contributed by atoms with Crippen LogP contribution in [0.3, 0.4) is 0 Å². The van der Waals surface area contributed by atoms with Gasteiger partial charge in [0.1, 0.15) is 11.9 Å². The third-order valence-corrected chi connectivity index (χ3v) is 6.85. The fraction of sp³-hybridized carbons (Fsp3) is 0.357. The Morgan fingerprint density at radius 3 is 2.44 bits per heavy atom. The SMILES string of the molecule is C=Cc1nc(CC)n2c1C(CCc1ccc(C(F)(F)F)cc1)N([C@@H](C(=O)NC)c1ccccc1)CC2. The summed E-state index contributed by atoms with van der Waals surface area (Å²) in [4.78, 5) is 20.2. The molecule has 0 bridgehead atoms. The maximum atomic E-state index is 13.2. The van der Waals surface area contributed by atoms with E-state index in [1.807, 2.05) is 30.3 Å². The molecule has 2 heterocycles. The van der Waals surface area contributed by atoms with E-state index in [2.05, 4.69) is 28.3 Å². The smallest absolute Gasteiger partial charge is 0.358 e. The highest BCUT2D eigenvalue weighted by Crippen LogP contribution is 2.39. The first-order valence-corrected chi connectivity index (χ1v) is 12.2. The van der Waals surface area contributed by atoms with Gasteiger partial charge in [-0.25, -0.2) is 4.98 Å². The maximum absolute atomic E-state index is 13.2. The van der Waals surface area contributed by atoms with E-state index in [-0.39, 0.29) is 11.9 Å². The normalized spacial score (nSPS) is 16.9. The van der Waals surface area contributed by atoms with Crippen molar-refractivity contribution in [1.82, 2.24) is 19.8 Å². The Morgan fingerprint density at radius 2 is 1.86 bits per heavy atom. The number of halogens is 3. The van der Waals surface area contributed by atoms with E-state index >= 15 is 0 Å². The predicted molar refractivity (Wildman–Crippen MR) is 134 cm³/mol. The highest BCUT2D eigenvalue weighted by molar-refractivity contribution is 5.83. The molecule has 2 aromatic carbocycles. The van der Waals surface area contributed by atoms with Gasteiger partial charge in [-0.1, -0.05) is 56.0 Å². The van der Waals surface area contributed by atoms with Crippen molar-refractivity contribution in [2.75, 3.05) is 13.6 Å². The summed E-state index contributed by atoms with van der Waals surface area (Å²) in [6.07, 6.45) is -0.683. The Bertz CT molecular complexity index is 1200. The summed E-state index contributed by atoms with van der Waals surface area (Å²) in [5.41, 5.74) is 2.84. The largest absolute Gasteiger partial charge is 0.416 e. The number of carbonyl (C=O) groups is 1. The third kappa shape index (κ3) is 5.09. The first-order valence-electron chi connectivity index (χ1n) is 12.2. The van der Waals surface area contributed by atoms with Gasteiger partial charge in [-0.2, -0.15) is 13.2 Å². The Hall–Kier alpha value is -3.39. The highest BCUT2D eigenvalue weighted by Gasteiger charge is 2.39. The molecule has 0 saturated carbocycles. The van der Waals surface area contributed by atoms with Crippen LogP contribution in [0.5, 0.6) is 0 Å². The second-order valence-electron chi connectivity index (χ2n) is 8.92. The number of benzene rings is 2. The van der Waals surface area contributed by atoms with E-state index in [0.29, 0.717) is 25.9 Å². The van der Waals surface area contributed by atoms with Crippen molar-refractivity contribution in [3.8, 4) is 0 Å². The first-order chi connectivity index (χ1) is 17.3. The number of rotatable bonds is 8. The second-order valence-corrected chi connectivity index (χ2v) is 8.92. The molecule has 1 aromatic heterocycles. The van der Waals surface area contributed by atoms with Gasteiger partial charge in [-0.05, 0) is 42.2 Å². The van der Waals surface area contributed by atoms with Crippen molar-refractivity contribution in [3.05, 3.63) is 95.1 Å². The molecule has 2 atom stereocenters. The number of alkyl halides is 3. The molecule has 1 aliphatic heterocycles. The van der Waals surface area contributed by atoms with Gasteiger partial charge in [0.2, 0.25) is 5.91 Å². The highest BCUT2D eigenvalue weighted by atomic mass is 19.4. The molecular weight excluding hydrogens is 465 g/mol. The van der Waals surface area contributed by atoms with Crippen LogP contribution < -0.4 is 5.32 Å². The van der Waals surface area contributed by atoms with Gasteiger partial charge < -0.3 is 9.88 Å². The zero-order valence-electron chi connectivity index (χ0n) is 20.6. The number of amides is 1.